The molecule has 0 saturated carbocycles. The lowest BCUT2D eigenvalue weighted by molar-refractivity contribution is 0.314. The van der Waals surface area contributed by atoms with E-state index in [9.17, 15) is 0 Å². The maximum Gasteiger partial charge on any atom is 0.162 e. The van der Waals surface area contributed by atoms with Gasteiger partial charge < -0.3 is 9.47 Å². The van der Waals surface area contributed by atoms with Gasteiger partial charge in [0.05, 0.1) is 25.3 Å². The molecule has 0 heterocycles. The third-order valence-electron chi connectivity index (χ3n) is 1.63. The summed E-state index contributed by atoms with van der Waals surface area (Å²) in [6.45, 7) is 0.572. The highest BCUT2D eigenvalue weighted by atomic mass is 79.9. The monoisotopic (exact) mass is 255 g/mol. The van der Waals surface area contributed by atoms with Crippen LogP contribution in [0, 0.1) is 11.3 Å². The van der Waals surface area contributed by atoms with Crippen molar-refractivity contribution < 1.29 is 9.47 Å². The van der Waals surface area contributed by atoms with Gasteiger partial charge in [0.2, 0.25) is 0 Å². The molecule has 0 saturated heterocycles. The number of nitrogens with zero attached hydrogens (tertiary/aromatic N) is 1. The van der Waals surface area contributed by atoms with Crippen molar-refractivity contribution in [2.24, 2.45) is 0 Å². The Morgan fingerprint density at radius 3 is 2.79 bits per heavy atom. The minimum Gasteiger partial charge on any atom is -0.493 e. The van der Waals surface area contributed by atoms with Crippen molar-refractivity contribution in [1.82, 2.24) is 0 Å². The van der Waals surface area contributed by atoms with Crippen LogP contribution in [0.2, 0.25) is 0 Å². The molecular weight excluding hydrogens is 246 g/mol. The first-order valence-electron chi connectivity index (χ1n) is 4.08. The highest BCUT2D eigenvalue weighted by Crippen LogP contribution is 2.27. The highest BCUT2D eigenvalue weighted by molar-refractivity contribution is 9.09. The fourth-order valence-corrected chi connectivity index (χ4v) is 1.17. The summed E-state index contributed by atoms with van der Waals surface area (Å²) >= 11 is 3.26. The standard InChI is InChI=1S/C10H10BrNO2/c1-13-10-6-8(7-12)2-3-9(10)14-5-4-11/h2-3,6H,4-5H2,1H3. The Labute approximate surface area is 91.4 Å². The minimum absolute atomic E-state index is 0.563. The van der Waals surface area contributed by atoms with E-state index in [1.807, 2.05) is 6.07 Å². The molecule has 0 amide bonds. The Hall–Kier alpha value is -1.21. The van der Waals surface area contributed by atoms with Gasteiger partial charge in [0, 0.05) is 11.4 Å². The zero-order valence-corrected chi connectivity index (χ0v) is 9.37. The Balaban J connectivity index is 2.89. The summed E-state index contributed by atoms with van der Waals surface area (Å²) in [7, 11) is 1.55. The number of benzene rings is 1. The Bertz CT molecular complexity index is 346. The smallest absolute Gasteiger partial charge is 0.162 e. The number of alkyl halides is 1. The van der Waals surface area contributed by atoms with Gasteiger partial charge in [-0.05, 0) is 12.1 Å². The van der Waals surface area contributed by atoms with Crippen LogP contribution in [0.1, 0.15) is 5.56 Å². The van der Waals surface area contributed by atoms with E-state index < -0.39 is 0 Å². The number of nitriles is 1. The second-order valence-corrected chi connectivity index (χ2v) is 3.31. The van der Waals surface area contributed by atoms with Gasteiger partial charge in [0.25, 0.3) is 0 Å². The predicted molar refractivity (Wildman–Crippen MR) is 57.0 cm³/mol. The number of hydrogen-bond acceptors (Lipinski definition) is 3. The molecule has 1 aromatic rings. The van der Waals surface area contributed by atoms with Crippen LogP contribution in [0.15, 0.2) is 18.2 Å². The molecule has 0 bridgehead atoms. The summed E-state index contributed by atoms with van der Waals surface area (Å²) < 4.78 is 10.5. The van der Waals surface area contributed by atoms with Gasteiger partial charge in [-0.1, -0.05) is 15.9 Å². The fourth-order valence-electron chi connectivity index (χ4n) is 1.00. The van der Waals surface area contributed by atoms with Crippen molar-refractivity contribution in [3.05, 3.63) is 23.8 Å². The number of halogens is 1. The molecule has 4 heteroatoms. The molecule has 0 atom stereocenters. The predicted octanol–water partition coefficient (Wildman–Crippen LogP) is 2.34. The van der Waals surface area contributed by atoms with Crippen molar-refractivity contribution in [3.63, 3.8) is 0 Å². The van der Waals surface area contributed by atoms with E-state index >= 15 is 0 Å². The SMILES string of the molecule is COc1cc(C#N)ccc1OCCBr. The third kappa shape index (κ3) is 2.64. The van der Waals surface area contributed by atoms with E-state index in [4.69, 9.17) is 14.7 Å². The van der Waals surface area contributed by atoms with Crippen LogP contribution in [-0.2, 0) is 0 Å². The highest BCUT2D eigenvalue weighted by Gasteiger charge is 2.04. The molecule has 0 aliphatic rings. The van der Waals surface area contributed by atoms with E-state index in [2.05, 4.69) is 15.9 Å². The molecule has 0 spiro atoms. The molecule has 0 radical (unpaired) electrons. The van der Waals surface area contributed by atoms with Crippen molar-refractivity contribution >= 4 is 15.9 Å². The molecule has 0 aliphatic carbocycles. The second kappa shape index (κ2) is 5.51. The first kappa shape index (κ1) is 10.9. The number of methoxy groups -OCH3 is 1. The van der Waals surface area contributed by atoms with Crippen molar-refractivity contribution in [3.8, 4) is 17.6 Å². The normalized spacial score (nSPS) is 9.21. The van der Waals surface area contributed by atoms with Gasteiger partial charge in [-0.2, -0.15) is 5.26 Å². The molecule has 3 nitrogen and oxygen atoms in total. The zero-order valence-electron chi connectivity index (χ0n) is 7.79. The summed E-state index contributed by atoms with van der Waals surface area (Å²) in [5.41, 5.74) is 0.563. The maximum atomic E-state index is 8.67. The van der Waals surface area contributed by atoms with Crippen LogP contribution in [0.4, 0.5) is 0 Å². The molecule has 0 aliphatic heterocycles. The van der Waals surface area contributed by atoms with Crippen LogP contribution in [0.25, 0.3) is 0 Å². The van der Waals surface area contributed by atoms with Crippen molar-refractivity contribution in [2.45, 2.75) is 0 Å². The Morgan fingerprint density at radius 2 is 2.21 bits per heavy atom. The van der Waals surface area contributed by atoms with Crippen LogP contribution < -0.4 is 9.47 Å². The van der Waals surface area contributed by atoms with Gasteiger partial charge in [0.1, 0.15) is 0 Å². The molecule has 0 N–H and O–H groups in total. The second-order valence-electron chi connectivity index (χ2n) is 2.51. The number of rotatable bonds is 4. The molecule has 1 aromatic carbocycles. The van der Waals surface area contributed by atoms with E-state index in [1.54, 1.807) is 25.3 Å². The summed E-state index contributed by atoms with van der Waals surface area (Å²) in [6, 6.07) is 7.13. The third-order valence-corrected chi connectivity index (χ3v) is 1.95. The summed E-state index contributed by atoms with van der Waals surface area (Å²) in [5, 5.41) is 9.43. The molecule has 0 aromatic heterocycles. The summed E-state index contributed by atoms with van der Waals surface area (Å²) in [4.78, 5) is 0. The molecule has 1 rings (SSSR count). The lowest BCUT2D eigenvalue weighted by Crippen LogP contribution is -1.99. The Kier molecular flexibility index (Phi) is 4.27. The van der Waals surface area contributed by atoms with Gasteiger partial charge >= 0.3 is 0 Å². The average molecular weight is 256 g/mol. The van der Waals surface area contributed by atoms with Crippen LogP contribution >= 0.6 is 15.9 Å². The largest absolute Gasteiger partial charge is 0.493 e. The Morgan fingerprint density at radius 1 is 1.43 bits per heavy atom. The summed E-state index contributed by atoms with van der Waals surface area (Å²) in [6.07, 6.45) is 0. The van der Waals surface area contributed by atoms with Crippen LogP contribution in [0.3, 0.4) is 0 Å². The van der Waals surface area contributed by atoms with E-state index in [0.717, 1.165) is 5.33 Å². The van der Waals surface area contributed by atoms with E-state index in [-0.39, 0.29) is 0 Å². The fraction of sp³-hybridized carbons (Fsp3) is 0.300. The van der Waals surface area contributed by atoms with E-state index in [0.29, 0.717) is 23.7 Å². The summed E-state index contributed by atoms with van der Waals surface area (Å²) in [5.74, 6) is 1.25. The van der Waals surface area contributed by atoms with Gasteiger partial charge in [-0.15, -0.1) is 0 Å². The number of ether oxygens (including phenoxy) is 2. The topological polar surface area (TPSA) is 42.2 Å². The zero-order chi connectivity index (χ0) is 10.4. The van der Waals surface area contributed by atoms with Crippen LogP contribution in [-0.4, -0.2) is 19.0 Å². The van der Waals surface area contributed by atoms with Crippen molar-refractivity contribution in [2.75, 3.05) is 19.0 Å². The molecule has 0 unspecified atom stereocenters. The minimum atomic E-state index is 0.563. The van der Waals surface area contributed by atoms with Gasteiger partial charge in [-0.25, -0.2) is 0 Å². The van der Waals surface area contributed by atoms with Gasteiger partial charge in [-0.3, -0.25) is 0 Å². The average Bonchev–Trinajstić information content (AvgIpc) is 2.26. The van der Waals surface area contributed by atoms with Crippen LogP contribution in [0.5, 0.6) is 11.5 Å². The van der Waals surface area contributed by atoms with E-state index in [1.165, 1.54) is 0 Å². The van der Waals surface area contributed by atoms with Crippen molar-refractivity contribution in [1.29, 1.82) is 5.26 Å². The first-order valence-corrected chi connectivity index (χ1v) is 5.21. The molecule has 74 valence electrons. The molecular formula is C10H10BrNO2. The maximum absolute atomic E-state index is 8.67. The lowest BCUT2D eigenvalue weighted by atomic mass is 10.2. The number of hydrogen-bond donors (Lipinski definition) is 0. The molecule has 14 heavy (non-hydrogen) atoms. The first-order chi connectivity index (χ1) is 6.81. The quantitative estimate of drug-likeness (QED) is 0.776. The molecule has 0 fully saturated rings. The van der Waals surface area contributed by atoms with Gasteiger partial charge in [0.15, 0.2) is 11.5 Å². The lowest BCUT2D eigenvalue weighted by Gasteiger charge is -2.09.